The van der Waals surface area contributed by atoms with Crippen molar-refractivity contribution in [3.63, 3.8) is 0 Å². The number of nitrogens with zero attached hydrogens (tertiary/aromatic N) is 1. The van der Waals surface area contributed by atoms with E-state index in [0.29, 0.717) is 31.9 Å². The largest absolute Gasteiger partial charge is 0.507 e. The highest BCUT2D eigenvalue weighted by atomic mass is 16.6. The van der Waals surface area contributed by atoms with Gasteiger partial charge in [0.1, 0.15) is 34.3 Å². The molecule has 1 aliphatic rings. The third-order valence-corrected chi connectivity index (χ3v) is 7.54. The number of aromatic hydroxyl groups is 1. The van der Waals surface area contributed by atoms with Crippen LogP contribution in [0.3, 0.4) is 0 Å². The SMILES string of the molecule is CCCc1c(OCCCOc2cc(O)c(C3CCCN3C(=O)OC(C)(C)C)cc2CC)cccc1Oc1ccccc1C. The molecule has 1 amide bonds. The van der Waals surface area contributed by atoms with Crippen molar-refractivity contribution in [3.05, 3.63) is 76.9 Å². The van der Waals surface area contributed by atoms with E-state index in [0.717, 1.165) is 71.6 Å². The molecular weight excluding hydrogens is 542 g/mol. The van der Waals surface area contributed by atoms with Crippen molar-refractivity contribution in [1.29, 1.82) is 0 Å². The van der Waals surface area contributed by atoms with Gasteiger partial charge in [-0.1, -0.05) is 44.5 Å². The van der Waals surface area contributed by atoms with E-state index in [1.165, 1.54) is 0 Å². The van der Waals surface area contributed by atoms with Crippen molar-refractivity contribution in [1.82, 2.24) is 4.90 Å². The van der Waals surface area contributed by atoms with E-state index in [9.17, 15) is 9.90 Å². The number of hydrogen-bond acceptors (Lipinski definition) is 6. The number of benzene rings is 3. The minimum atomic E-state index is -0.572. The Morgan fingerprint density at radius 2 is 1.65 bits per heavy atom. The lowest BCUT2D eigenvalue weighted by molar-refractivity contribution is 0.0223. The number of carbonyl (C=O) groups is 1. The molecule has 1 heterocycles. The maximum atomic E-state index is 12.8. The van der Waals surface area contributed by atoms with Crippen LogP contribution in [0.2, 0.25) is 0 Å². The molecule has 1 unspecified atom stereocenters. The molecule has 4 rings (SSSR count). The standard InChI is InChI=1S/C36H47NO6/c1-7-14-27-32(18-11-19-33(27)42-31-17-10-9-15-25(31)3)40-21-13-22-41-34-24-30(38)28(23-26(34)8-2)29-16-12-20-37(29)35(39)43-36(4,5)6/h9-11,15,17-19,23-24,29,38H,7-8,12-14,16,20-22H2,1-6H3. The van der Waals surface area contributed by atoms with E-state index in [4.69, 9.17) is 18.9 Å². The topological polar surface area (TPSA) is 77.5 Å². The molecular formula is C36H47NO6. The number of aryl methyl sites for hydroxylation is 2. The summed E-state index contributed by atoms with van der Waals surface area (Å²) >= 11 is 0. The Morgan fingerprint density at radius 1 is 0.953 bits per heavy atom. The number of ether oxygens (including phenoxy) is 4. The summed E-state index contributed by atoms with van der Waals surface area (Å²) in [6.07, 6.45) is 4.55. The van der Waals surface area contributed by atoms with Crippen molar-refractivity contribution in [2.45, 2.75) is 91.7 Å². The smallest absolute Gasteiger partial charge is 0.410 e. The first kappa shape index (κ1) is 32.1. The number of hydrogen-bond donors (Lipinski definition) is 1. The summed E-state index contributed by atoms with van der Waals surface area (Å²) in [5.74, 6) is 3.29. The van der Waals surface area contributed by atoms with Crippen LogP contribution in [0, 0.1) is 6.92 Å². The van der Waals surface area contributed by atoms with Crippen LogP contribution in [0.15, 0.2) is 54.6 Å². The molecule has 1 atom stereocenters. The predicted octanol–water partition coefficient (Wildman–Crippen LogP) is 8.93. The summed E-state index contributed by atoms with van der Waals surface area (Å²) < 4.78 is 24.2. The van der Waals surface area contributed by atoms with Crippen molar-refractivity contribution >= 4 is 6.09 Å². The second-order valence-electron chi connectivity index (χ2n) is 12.1. The first-order chi connectivity index (χ1) is 20.6. The summed E-state index contributed by atoms with van der Waals surface area (Å²) in [6.45, 7) is 13.4. The predicted molar refractivity (Wildman–Crippen MR) is 170 cm³/mol. The first-order valence-corrected chi connectivity index (χ1v) is 15.6. The van der Waals surface area contributed by atoms with E-state index < -0.39 is 5.60 Å². The van der Waals surface area contributed by atoms with E-state index in [1.807, 2.05) is 76.2 Å². The molecule has 0 spiro atoms. The molecule has 1 aliphatic heterocycles. The second-order valence-corrected chi connectivity index (χ2v) is 12.1. The van der Waals surface area contributed by atoms with Crippen LogP contribution in [0.1, 0.15) is 88.6 Å². The zero-order valence-electron chi connectivity index (χ0n) is 26.6. The van der Waals surface area contributed by atoms with Gasteiger partial charge in [0.2, 0.25) is 0 Å². The van der Waals surface area contributed by atoms with Crippen LogP contribution in [0.4, 0.5) is 4.79 Å². The summed E-state index contributed by atoms with van der Waals surface area (Å²) in [5.41, 5.74) is 3.32. The Labute approximate surface area is 256 Å². The van der Waals surface area contributed by atoms with E-state index in [1.54, 1.807) is 11.0 Å². The molecule has 3 aromatic rings. The van der Waals surface area contributed by atoms with Gasteiger partial charge in [0.15, 0.2) is 0 Å². The number of amides is 1. The van der Waals surface area contributed by atoms with Gasteiger partial charge in [0, 0.05) is 30.2 Å². The number of phenolic OH excluding ortho intramolecular Hbond substituents is 1. The van der Waals surface area contributed by atoms with Gasteiger partial charge in [-0.3, -0.25) is 0 Å². The third-order valence-electron chi connectivity index (χ3n) is 7.54. The number of phenols is 1. The van der Waals surface area contributed by atoms with Gasteiger partial charge in [-0.2, -0.15) is 0 Å². The first-order valence-electron chi connectivity index (χ1n) is 15.6. The fourth-order valence-electron chi connectivity index (χ4n) is 5.43. The fourth-order valence-corrected chi connectivity index (χ4v) is 5.43. The summed E-state index contributed by atoms with van der Waals surface area (Å²) in [5, 5.41) is 11.0. The van der Waals surface area contributed by atoms with Gasteiger partial charge < -0.3 is 29.0 Å². The maximum absolute atomic E-state index is 12.8. The zero-order valence-corrected chi connectivity index (χ0v) is 26.6. The molecule has 7 nitrogen and oxygen atoms in total. The van der Waals surface area contributed by atoms with Crippen LogP contribution < -0.4 is 14.2 Å². The Kier molecular flexibility index (Phi) is 10.8. The van der Waals surface area contributed by atoms with E-state index >= 15 is 0 Å². The zero-order chi connectivity index (χ0) is 31.0. The Hall–Kier alpha value is -3.87. The number of rotatable bonds is 12. The molecule has 0 radical (unpaired) electrons. The maximum Gasteiger partial charge on any atom is 0.410 e. The molecule has 0 saturated carbocycles. The Bertz CT molecular complexity index is 1380. The molecule has 232 valence electrons. The number of likely N-dealkylation sites (tertiary alicyclic amines) is 1. The lowest BCUT2D eigenvalue weighted by atomic mass is 9.99. The monoisotopic (exact) mass is 589 g/mol. The normalized spacial score (nSPS) is 14.9. The van der Waals surface area contributed by atoms with Crippen LogP contribution in [-0.4, -0.2) is 41.5 Å². The quantitative estimate of drug-likeness (QED) is 0.213. The summed E-state index contributed by atoms with van der Waals surface area (Å²) in [4.78, 5) is 14.6. The fraction of sp³-hybridized carbons (Fsp3) is 0.472. The minimum absolute atomic E-state index is 0.138. The van der Waals surface area contributed by atoms with E-state index in [-0.39, 0.29) is 17.9 Å². The number of carbonyl (C=O) groups excluding carboxylic acids is 1. The molecule has 0 bridgehead atoms. The highest BCUT2D eigenvalue weighted by Crippen LogP contribution is 2.41. The molecule has 3 aromatic carbocycles. The molecule has 0 aromatic heterocycles. The number of para-hydroxylation sites is 1. The highest BCUT2D eigenvalue weighted by Gasteiger charge is 2.35. The Morgan fingerprint density at radius 3 is 2.35 bits per heavy atom. The average Bonchev–Trinajstić information content (AvgIpc) is 3.45. The second kappa shape index (κ2) is 14.5. The molecule has 1 N–H and O–H groups in total. The third kappa shape index (κ3) is 8.37. The van der Waals surface area contributed by atoms with Crippen LogP contribution in [0.5, 0.6) is 28.7 Å². The lowest BCUT2D eigenvalue weighted by Gasteiger charge is -2.29. The van der Waals surface area contributed by atoms with Gasteiger partial charge in [0.05, 0.1) is 19.3 Å². The molecule has 7 heteroatoms. The minimum Gasteiger partial charge on any atom is -0.507 e. The average molecular weight is 590 g/mol. The van der Waals surface area contributed by atoms with Crippen molar-refractivity contribution in [2.24, 2.45) is 0 Å². The molecule has 0 aliphatic carbocycles. The van der Waals surface area contributed by atoms with Crippen molar-refractivity contribution in [3.8, 4) is 28.7 Å². The lowest BCUT2D eigenvalue weighted by Crippen LogP contribution is -2.36. The summed E-state index contributed by atoms with van der Waals surface area (Å²) in [6, 6.07) is 17.4. The van der Waals surface area contributed by atoms with Gasteiger partial charge in [-0.05, 0) is 88.8 Å². The molecule has 1 fully saturated rings. The van der Waals surface area contributed by atoms with Crippen LogP contribution in [0.25, 0.3) is 0 Å². The Balaban J connectivity index is 1.37. The van der Waals surface area contributed by atoms with Crippen molar-refractivity contribution in [2.75, 3.05) is 19.8 Å². The molecule has 43 heavy (non-hydrogen) atoms. The van der Waals surface area contributed by atoms with Crippen molar-refractivity contribution < 1.29 is 28.8 Å². The van der Waals surface area contributed by atoms with Gasteiger partial charge in [-0.25, -0.2) is 4.79 Å². The van der Waals surface area contributed by atoms with E-state index in [2.05, 4.69) is 13.8 Å². The highest BCUT2D eigenvalue weighted by molar-refractivity contribution is 5.69. The van der Waals surface area contributed by atoms with Crippen LogP contribution in [-0.2, 0) is 17.6 Å². The molecule has 1 saturated heterocycles. The van der Waals surface area contributed by atoms with Gasteiger partial charge in [-0.15, -0.1) is 0 Å². The van der Waals surface area contributed by atoms with Crippen LogP contribution >= 0.6 is 0 Å². The van der Waals surface area contributed by atoms with Gasteiger partial charge >= 0.3 is 6.09 Å². The van der Waals surface area contributed by atoms with Gasteiger partial charge in [0.25, 0.3) is 0 Å². The summed E-state index contributed by atoms with van der Waals surface area (Å²) in [7, 11) is 0.